The molecule has 1 heterocycles. The van der Waals surface area contributed by atoms with Gasteiger partial charge in [-0.05, 0) is 31.7 Å². The number of hydrogen-bond acceptors (Lipinski definition) is 3. The van der Waals surface area contributed by atoms with Crippen LogP contribution in [0.2, 0.25) is 0 Å². The average Bonchev–Trinajstić information content (AvgIpc) is 3.11. The van der Waals surface area contributed by atoms with E-state index in [9.17, 15) is 19.0 Å². The fourth-order valence-electron chi connectivity index (χ4n) is 3.61. The van der Waals surface area contributed by atoms with Crippen molar-refractivity contribution in [3.05, 3.63) is 0 Å². The molecule has 2 fully saturated rings. The summed E-state index contributed by atoms with van der Waals surface area (Å²) < 4.78 is 26.5. The number of nitrogens with zero attached hydrogens (tertiary/aromatic N) is 1. The number of alkyl halides is 2. The van der Waals surface area contributed by atoms with Crippen molar-refractivity contribution >= 4 is 0 Å². The number of aliphatic hydroxyl groups excluding tert-OH is 2. The maximum Gasteiger partial charge on any atom is 0.245 e. The second kappa shape index (κ2) is 6.24. The summed E-state index contributed by atoms with van der Waals surface area (Å²) in [5.74, 6) is -0.441. The maximum atomic E-state index is 13.2. The van der Waals surface area contributed by atoms with E-state index in [2.05, 4.69) is 13.8 Å². The minimum Gasteiger partial charge on any atom is -0.390 e. The van der Waals surface area contributed by atoms with Crippen molar-refractivity contribution in [1.29, 1.82) is 0 Å². The van der Waals surface area contributed by atoms with Gasteiger partial charge in [0.05, 0.1) is 18.1 Å². The number of likely N-dealkylation sites (tertiary alicyclic amines) is 1. The van der Waals surface area contributed by atoms with Crippen molar-refractivity contribution in [1.82, 2.24) is 4.90 Å². The smallest absolute Gasteiger partial charge is 0.245 e. The van der Waals surface area contributed by atoms with Crippen LogP contribution in [0.15, 0.2) is 0 Å². The van der Waals surface area contributed by atoms with E-state index in [1.54, 1.807) is 0 Å². The van der Waals surface area contributed by atoms with E-state index in [4.69, 9.17) is 0 Å². The van der Waals surface area contributed by atoms with Gasteiger partial charge in [0, 0.05) is 12.1 Å². The van der Waals surface area contributed by atoms with Gasteiger partial charge < -0.3 is 10.2 Å². The maximum absolute atomic E-state index is 13.2. The van der Waals surface area contributed by atoms with Gasteiger partial charge in [-0.1, -0.05) is 26.7 Å². The molecule has 1 aliphatic carbocycles. The lowest BCUT2D eigenvalue weighted by atomic mass is 9.82. The van der Waals surface area contributed by atoms with E-state index in [-0.39, 0.29) is 0 Å². The first-order valence-corrected chi connectivity index (χ1v) is 7.78. The zero-order chi connectivity index (χ0) is 14.9. The van der Waals surface area contributed by atoms with Crippen LogP contribution in [0.25, 0.3) is 0 Å². The Morgan fingerprint density at radius 1 is 1.20 bits per heavy atom. The Kier molecular flexibility index (Phi) is 5.03. The van der Waals surface area contributed by atoms with Crippen molar-refractivity contribution in [3.8, 4) is 0 Å². The summed E-state index contributed by atoms with van der Waals surface area (Å²) in [5, 5.41) is 19.7. The quantitative estimate of drug-likeness (QED) is 0.738. The van der Waals surface area contributed by atoms with Crippen LogP contribution in [0, 0.1) is 11.8 Å². The molecule has 0 aromatic carbocycles. The van der Waals surface area contributed by atoms with E-state index in [1.807, 2.05) is 4.90 Å². The second-order valence-electron chi connectivity index (χ2n) is 6.86. The predicted molar refractivity (Wildman–Crippen MR) is 73.7 cm³/mol. The minimum atomic E-state index is -2.57. The molecule has 1 spiro atoms. The first-order valence-electron chi connectivity index (χ1n) is 7.78. The molecule has 20 heavy (non-hydrogen) atoms. The summed E-state index contributed by atoms with van der Waals surface area (Å²) in [5.41, 5.74) is -0.551. The van der Waals surface area contributed by atoms with Crippen molar-refractivity contribution in [2.75, 3.05) is 13.1 Å². The highest BCUT2D eigenvalue weighted by Crippen LogP contribution is 2.54. The van der Waals surface area contributed by atoms with E-state index in [1.165, 1.54) is 0 Å². The third-order valence-corrected chi connectivity index (χ3v) is 4.91. The van der Waals surface area contributed by atoms with E-state index < -0.39 is 30.1 Å². The minimum absolute atomic E-state index is 0.325. The Hall–Kier alpha value is -0.260. The molecule has 1 aliphatic heterocycles. The van der Waals surface area contributed by atoms with Crippen LogP contribution in [0.3, 0.4) is 0 Å². The van der Waals surface area contributed by atoms with Gasteiger partial charge in [-0.2, -0.15) is 0 Å². The Morgan fingerprint density at radius 2 is 1.85 bits per heavy atom. The highest BCUT2D eigenvalue weighted by atomic mass is 19.3. The normalized spacial score (nSPS) is 33.3. The Labute approximate surface area is 120 Å². The van der Waals surface area contributed by atoms with Crippen LogP contribution in [-0.2, 0) is 0 Å². The molecule has 2 rings (SSSR count). The lowest BCUT2D eigenvalue weighted by molar-refractivity contribution is -0.151. The first kappa shape index (κ1) is 16.1. The molecule has 0 unspecified atom stereocenters. The van der Waals surface area contributed by atoms with E-state index in [0.29, 0.717) is 12.5 Å². The topological polar surface area (TPSA) is 43.7 Å². The fraction of sp³-hybridized carbons (Fsp3) is 1.00. The number of hydrogen-bond donors (Lipinski definition) is 2. The summed E-state index contributed by atoms with van der Waals surface area (Å²) in [6.07, 6.45) is -0.271. The van der Waals surface area contributed by atoms with Crippen LogP contribution in [0.5, 0.6) is 0 Å². The van der Waals surface area contributed by atoms with Gasteiger partial charge in [0.2, 0.25) is 6.43 Å². The highest BCUT2D eigenvalue weighted by molar-refractivity contribution is 5.15. The fourth-order valence-corrected chi connectivity index (χ4v) is 3.61. The predicted octanol–water partition coefficient (Wildman–Crippen LogP) is 2.26. The monoisotopic (exact) mass is 291 g/mol. The molecule has 2 aliphatic rings. The molecular weight excluding hydrogens is 264 g/mol. The molecular formula is C15H27F2NO2. The summed E-state index contributed by atoms with van der Waals surface area (Å²) >= 11 is 0. The summed E-state index contributed by atoms with van der Waals surface area (Å²) in [6.45, 7) is 5.43. The first-order chi connectivity index (χ1) is 9.38. The van der Waals surface area contributed by atoms with Crippen LogP contribution in [0.4, 0.5) is 8.78 Å². The SMILES string of the molecule is CC(C)CCCCN1C[C@@H](O)[C@H](O)[C@@H](C(F)F)C12CC2. The van der Waals surface area contributed by atoms with Crippen LogP contribution in [0.1, 0.15) is 46.0 Å². The van der Waals surface area contributed by atoms with Crippen LogP contribution < -0.4 is 0 Å². The number of β-amino-alcohol motifs (C(OH)–C–C–N with tert-alkyl or cyclic N) is 1. The molecule has 2 N–H and O–H groups in total. The third-order valence-electron chi connectivity index (χ3n) is 4.91. The highest BCUT2D eigenvalue weighted by Gasteiger charge is 2.62. The van der Waals surface area contributed by atoms with E-state index >= 15 is 0 Å². The Bertz CT molecular complexity index is 321. The number of unbranched alkanes of at least 4 members (excludes halogenated alkanes) is 1. The lowest BCUT2D eigenvalue weighted by Gasteiger charge is -2.46. The van der Waals surface area contributed by atoms with Crippen molar-refractivity contribution < 1.29 is 19.0 Å². The zero-order valence-electron chi connectivity index (χ0n) is 12.4. The molecule has 0 aromatic rings. The molecule has 1 saturated heterocycles. The van der Waals surface area contributed by atoms with Gasteiger partial charge >= 0.3 is 0 Å². The molecule has 1 saturated carbocycles. The molecule has 3 nitrogen and oxygen atoms in total. The molecule has 5 heteroatoms. The van der Waals surface area contributed by atoms with Crippen molar-refractivity contribution in [2.45, 2.75) is 70.1 Å². The number of rotatable bonds is 6. The lowest BCUT2D eigenvalue weighted by Crippen LogP contribution is -2.62. The van der Waals surface area contributed by atoms with Crippen LogP contribution in [-0.4, -0.2) is 52.4 Å². The van der Waals surface area contributed by atoms with Gasteiger partial charge in [0.25, 0.3) is 0 Å². The number of aliphatic hydroxyl groups is 2. The zero-order valence-corrected chi connectivity index (χ0v) is 12.4. The van der Waals surface area contributed by atoms with Crippen molar-refractivity contribution in [3.63, 3.8) is 0 Å². The second-order valence-corrected chi connectivity index (χ2v) is 6.86. The molecule has 0 radical (unpaired) electrons. The average molecular weight is 291 g/mol. The number of piperidine rings is 1. The Balaban J connectivity index is 1.95. The summed E-state index contributed by atoms with van der Waals surface area (Å²) in [4.78, 5) is 2.02. The summed E-state index contributed by atoms with van der Waals surface area (Å²) in [6, 6.07) is 0. The molecule has 0 aromatic heterocycles. The van der Waals surface area contributed by atoms with Gasteiger partial charge in [-0.25, -0.2) is 8.78 Å². The Morgan fingerprint density at radius 3 is 2.35 bits per heavy atom. The molecule has 0 amide bonds. The molecule has 118 valence electrons. The third kappa shape index (κ3) is 3.15. The summed E-state index contributed by atoms with van der Waals surface area (Å²) in [7, 11) is 0. The molecule has 0 bridgehead atoms. The largest absolute Gasteiger partial charge is 0.390 e. The van der Waals surface area contributed by atoms with Crippen molar-refractivity contribution in [2.24, 2.45) is 11.8 Å². The van der Waals surface area contributed by atoms with Gasteiger partial charge in [0.15, 0.2) is 0 Å². The van der Waals surface area contributed by atoms with E-state index in [0.717, 1.165) is 38.6 Å². The van der Waals surface area contributed by atoms with Crippen LogP contribution >= 0.6 is 0 Å². The molecule has 3 atom stereocenters. The number of halogens is 2. The standard InChI is InChI=1S/C15H27F2NO2/c1-10(2)5-3-4-8-18-9-11(19)13(20)12(14(16)17)15(18)6-7-15/h10-14,19-20H,3-9H2,1-2H3/t11-,12+,13+/m1/s1. The van der Waals surface area contributed by atoms with Gasteiger partial charge in [-0.15, -0.1) is 0 Å². The van der Waals surface area contributed by atoms with Gasteiger partial charge in [-0.3, -0.25) is 4.90 Å². The van der Waals surface area contributed by atoms with Gasteiger partial charge in [0.1, 0.15) is 0 Å².